The van der Waals surface area contributed by atoms with Crippen LogP contribution in [-0.2, 0) is 14.3 Å². The van der Waals surface area contributed by atoms with E-state index in [1.165, 1.54) is 4.90 Å². The number of thioether (sulfide) groups is 1. The summed E-state index contributed by atoms with van der Waals surface area (Å²) in [6.07, 6.45) is 0. The molecular weight excluding hydrogens is 300 g/mol. The summed E-state index contributed by atoms with van der Waals surface area (Å²) in [6.45, 7) is 4.21. The summed E-state index contributed by atoms with van der Waals surface area (Å²) in [6, 6.07) is 9.28. The number of hydrogen-bond donors (Lipinski definition) is 0. The fourth-order valence-electron chi connectivity index (χ4n) is 2.30. The van der Waals surface area contributed by atoms with Crippen LogP contribution in [0, 0.1) is 0 Å². The normalized spacial score (nSPS) is 15.3. The van der Waals surface area contributed by atoms with Gasteiger partial charge >= 0.3 is 5.97 Å². The molecule has 1 amide bonds. The summed E-state index contributed by atoms with van der Waals surface area (Å²) in [4.78, 5) is 28.1. The van der Waals surface area contributed by atoms with Crippen molar-refractivity contribution in [2.75, 3.05) is 49.2 Å². The van der Waals surface area contributed by atoms with Gasteiger partial charge in [-0.1, -0.05) is 18.2 Å². The van der Waals surface area contributed by atoms with Gasteiger partial charge in [-0.15, -0.1) is 0 Å². The van der Waals surface area contributed by atoms with Gasteiger partial charge in [-0.05, 0) is 19.1 Å². The van der Waals surface area contributed by atoms with Crippen LogP contribution < -0.4 is 4.90 Å². The highest BCUT2D eigenvalue weighted by Gasteiger charge is 2.22. The van der Waals surface area contributed by atoms with Gasteiger partial charge in [-0.3, -0.25) is 14.5 Å². The molecule has 6 heteroatoms. The number of nitrogens with zero attached hydrogens (tertiary/aromatic N) is 2. The average molecular weight is 322 g/mol. The summed E-state index contributed by atoms with van der Waals surface area (Å²) in [5, 5.41) is 0. The van der Waals surface area contributed by atoms with Crippen LogP contribution in [0.1, 0.15) is 6.92 Å². The monoisotopic (exact) mass is 322 g/mol. The number of amides is 1. The lowest BCUT2D eigenvalue weighted by Crippen LogP contribution is -2.45. The zero-order valence-corrected chi connectivity index (χ0v) is 13.7. The molecule has 1 aromatic carbocycles. The molecule has 0 aromatic heterocycles. The minimum absolute atomic E-state index is 0.0424. The van der Waals surface area contributed by atoms with Gasteiger partial charge < -0.3 is 9.64 Å². The topological polar surface area (TPSA) is 49.9 Å². The third kappa shape index (κ3) is 5.03. The Hall–Kier alpha value is -1.53. The Kier molecular flexibility index (Phi) is 6.74. The van der Waals surface area contributed by atoms with E-state index in [0.717, 1.165) is 30.3 Å². The number of benzene rings is 1. The molecule has 0 unspecified atom stereocenters. The number of hydrogen-bond acceptors (Lipinski definition) is 5. The lowest BCUT2D eigenvalue weighted by Gasteiger charge is -2.29. The van der Waals surface area contributed by atoms with Gasteiger partial charge in [0.25, 0.3) is 0 Å². The number of carbonyl (C=O) groups excluding carboxylic acids is 2. The maximum atomic E-state index is 12.6. The van der Waals surface area contributed by atoms with Crippen LogP contribution in [0.3, 0.4) is 0 Å². The average Bonchev–Trinajstić information content (AvgIpc) is 2.54. The first-order valence-corrected chi connectivity index (χ1v) is 8.67. The molecule has 0 radical (unpaired) electrons. The molecule has 5 nitrogen and oxygen atoms in total. The molecule has 0 N–H and O–H groups in total. The second kappa shape index (κ2) is 8.80. The molecule has 22 heavy (non-hydrogen) atoms. The summed E-state index contributed by atoms with van der Waals surface area (Å²) in [5.41, 5.74) is 0.729. The number of esters is 1. The molecule has 1 aliphatic heterocycles. The molecule has 1 fully saturated rings. The molecular formula is C16H22N2O3S. The SMILES string of the molecule is CCOC(=O)CN(C(=O)CN1CCSCC1)c1ccccc1. The third-order valence-electron chi connectivity index (χ3n) is 3.42. The maximum Gasteiger partial charge on any atom is 0.326 e. The fourth-order valence-corrected chi connectivity index (χ4v) is 3.28. The smallest absolute Gasteiger partial charge is 0.326 e. The molecule has 1 saturated heterocycles. The highest BCUT2D eigenvalue weighted by atomic mass is 32.2. The number of ether oxygens (including phenoxy) is 1. The molecule has 0 atom stereocenters. The Morgan fingerprint density at radius 3 is 2.55 bits per heavy atom. The van der Waals surface area contributed by atoms with E-state index < -0.39 is 0 Å². The molecule has 0 bridgehead atoms. The quantitative estimate of drug-likeness (QED) is 0.745. The Balaban J connectivity index is 2.05. The van der Waals surface area contributed by atoms with E-state index in [0.29, 0.717) is 13.2 Å². The first-order chi connectivity index (χ1) is 10.7. The van der Waals surface area contributed by atoms with Gasteiger partial charge in [0, 0.05) is 30.3 Å². The van der Waals surface area contributed by atoms with Crippen LogP contribution in [0.2, 0.25) is 0 Å². The van der Waals surface area contributed by atoms with Crippen LogP contribution in [-0.4, -0.2) is 61.1 Å². The lowest BCUT2D eigenvalue weighted by atomic mass is 10.2. The first-order valence-electron chi connectivity index (χ1n) is 7.52. The van der Waals surface area contributed by atoms with Crippen LogP contribution >= 0.6 is 11.8 Å². The lowest BCUT2D eigenvalue weighted by molar-refractivity contribution is -0.142. The van der Waals surface area contributed by atoms with Gasteiger partial charge in [0.15, 0.2) is 0 Å². The second-order valence-corrected chi connectivity index (χ2v) is 6.23. The van der Waals surface area contributed by atoms with Crippen molar-refractivity contribution in [2.24, 2.45) is 0 Å². The Morgan fingerprint density at radius 1 is 1.23 bits per heavy atom. The summed E-state index contributed by atoms with van der Waals surface area (Å²) in [7, 11) is 0. The molecule has 0 aliphatic carbocycles. The standard InChI is InChI=1S/C16H22N2O3S/c1-2-21-16(20)13-18(14-6-4-3-5-7-14)15(19)12-17-8-10-22-11-9-17/h3-7H,2,8-13H2,1H3. The largest absolute Gasteiger partial charge is 0.465 e. The van der Waals surface area contributed by atoms with Gasteiger partial charge in [0.1, 0.15) is 6.54 Å². The Morgan fingerprint density at radius 2 is 1.91 bits per heavy atom. The maximum absolute atomic E-state index is 12.6. The molecule has 2 rings (SSSR count). The zero-order chi connectivity index (χ0) is 15.8. The number of para-hydroxylation sites is 1. The van der Waals surface area contributed by atoms with Gasteiger partial charge in [0.2, 0.25) is 5.91 Å². The zero-order valence-electron chi connectivity index (χ0n) is 12.9. The minimum atomic E-state index is -0.381. The first kappa shape index (κ1) is 16.8. The minimum Gasteiger partial charge on any atom is -0.465 e. The van der Waals surface area contributed by atoms with Gasteiger partial charge in [-0.25, -0.2) is 0 Å². The molecule has 120 valence electrons. The molecule has 1 aliphatic rings. The van der Waals surface area contributed by atoms with Crippen molar-refractivity contribution in [3.05, 3.63) is 30.3 Å². The number of anilines is 1. The summed E-state index contributed by atoms with van der Waals surface area (Å²) < 4.78 is 4.98. The van der Waals surface area contributed by atoms with Crippen molar-refractivity contribution in [2.45, 2.75) is 6.92 Å². The summed E-state index contributed by atoms with van der Waals surface area (Å²) >= 11 is 1.91. The number of carbonyl (C=O) groups is 2. The van der Waals surface area contributed by atoms with Crippen molar-refractivity contribution < 1.29 is 14.3 Å². The van der Waals surface area contributed by atoms with Crippen molar-refractivity contribution in [1.29, 1.82) is 0 Å². The van der Waals surface area contributed by atoms with Crippen molar-refractivity contribution >= 4 is 29.3 Å². The molecule has 0 saturated carbocycles. The van der Waals surface area contributed by atoms with Crippen LogP contribution in [0.15, 0.2) is 30.3 Å². The Labute approximate surface area is 135 Å². The molecule has 1 aromatic rings. The fraction of sp³-hybridized carbons (Fsp3) is 0.500. The Bertz CT molecular complexity index is 489. The van der Waals surface area contributed by atoms with Crippen molar-refractivity contribution in [1.82, 2.24) is 4.90 Å². The predicted molar refractivity (Wildman–Crippen MR) is 89.2 cm³/mol. The van der Waals surface area contributed by atoms with E-state index >= 15 is 0 Å². The molecule has 1 heterocycles. The van der Waals surface area contributed by atoms with E-state index in [2.05, 4.69) is 4.90 Å². The van der Waals surface area contributed by atoms with E-state index in [9.17, 15) is 9.59 Å². The van der Waals surface area contributed by atoms with Crippen LogP contribution in [0.25, 0.3) is 0 Å². The third-order valence-corrected chi connectivity index (χ3v) is 4.37. The van der Waals surface area contributed by atoms with Crippen molar-refractivity contribution in [3.63, 3.8) is 0 Å². The second-order valence-electron chi connectivity index (χ2n) is 5.01. The van der Waals surface area contributed by atoms with Gasteiger partial charge in [-0.2, -0.15) is 11.8 Å². The number of rotatable bonds is 6. The summed E-state index contributed by atoms with van der Waals surface area (Å²) in [5.74, 6) is 1.66. The highest BCUT2D eigenvalue weighted by molar-refractivity contribution is 7.99. The highest BCUT2D eigenvalue weighted by Crippen LogP contribution is 2.15. The van der Waals surface area contributed by atoms with Crippen LogP contribution in [0.4, 0.5) is 5.69 Å². The van der Waals surface area contributed by atoms with Crippen molar-refractivity contribution in [3.8, 4) is 0 Å². The predicted octanol–water partition coefficient (Wildman–Crippen LogP) is 1.63. The van der Waals surface area contributed by atoms with E-state index in [-0.39, 0.29) is 18.4 Å². The van der Waals surface area contributed by atoms with E-state index in [4.69, 9.17) is 4.74 Å². The van der Waals surface area contributed by atoms with E-state index in [1.54, 1.807) is 6.92 Å². The van der Waals surface area contributed by atoms with E-state index in [1.807, 2.05) is 42.1 Å². The van der Waals surface area contributed by atoms with Gasteiger partial charge in [0.05, 0.1) is 13.2 Å². The molecule has 0 spiro atoms. The van der Waals surface area contributed by atoms with Crippen LogP contribution in [0.5, 0.6) is 0 Å².